The van der Waals surface area contributed by atoms with Gasteiger partial charge in [-0.15, -0.1) is 0 Å². The Bertz CT molecular complexity index is 587. The first-order valence-corrected chi connectivity index (χ1v) is 6.68. The Kier molecular flexibility index (Phi) is 4.08. The first-order valence-electron chi connectivity index (χ1n) is 6.68. The van der Waals surface area contributed by atoms with Crippen molar-refractivity contribution in [1.82, 2.24) is 4.90 Å². The van der Waals surface area contributed by atoms with E-state index in [9.17, 15) is 4.79 Å². The van der Waals surface area contributed by atoms with Crippen LogP contribution in [-0.2, 0) is 0 Å². The summed E-state index contributed by atoms with van der Waals surface area (Å²) in [7, 11) is 1.82. The lowest BCUT2D eigenvalue weighted by Crippen LogP contribution is -2.29. The number of aryl methyl sites for hydroxylation is 1. The molecule has 104 valence electrons. The number of nitrogen functional groups attached to an aromatic ring is 1. The summed E-state index contributed by atoms with van der Waals surface area (Å²) in [4.78, 5) is 14.3. The molecule has 2 aromatic rings. The van der Waals surface area contributed by atoms with Crippen LogP contribution in [0.15, 0.2) is 48.5 Å². The summed E-state index contributed by atoms with van der Waals surface area (Å²) in [5.74, 6) is -0.0169. The lowest BCUT2D eigenvalue weighted by Gasteiger charge is -2.25. The number of hydrogen-bond acceptors (Lipinski definition) is 2. The smallest absolute Gasteiger partial charge is 0.254 e. The van der Waals surface area contributed by atoms with Crippen molar-refractivity contribution in [3.05, 3.63) is 65.2 Å². The van der Waals surface area contributed by atoms with Crippen molar-refractivity contribution in [2.75, 3.05) is 12.8 Å². The fraction of sp³-hybridized carbons (Fsp3) is 0.235. The summed E-state index contributed by atoms with van der Waals surface area (Å²) < 4.78 is 0. The average molecular weight is 268 g/mol. The van der Waals surface area contributed by atoms with Gasteiger partial charge in [-0.1, -0.05) is 30.3 Å². The molecular weight excluding hydrogens is 248 g/mol. The van der Waals surface area contributed by atoms with Crippen LogP contribution >= 0.6 is 0 Å². The normalized spacial score (nSPS) is 11.9. The summed E-state index contributed by atoms with van der Waals surface area (Å²) >= 11 is 0. The molecule has 2 N–H and O–H groups in total. The van der Waals surface area contributed by atoms with E-state index in [1.54, 1.807) is 11.0 Å². The van der Waals surface area contributed by atoms with Gasteiger partial charge in [-0.2, -0.15) is 0 Å². The second-order valence-electron chi connectivity index (χ2n) is 5.14. The second kappa shape index (κ2) is 5.78. The van der Waals surface area contributed by atoms with E-state index < -0.39 is 0 Å². The summed E-state index contributed by atoms with van der Waals surface area (Å²) in [6.07, 6.45) is 0. The predicted octanol–water partition coefficient (Wildman–Crippen LogP) is 3.41. The number of hydrogen-bond donors (Lipinski definition) is 1. The summed E-state index contributed by atoms with van der Waals surface area (Å²) in [6.45, 7) is 3.96. The van der Waals surface area contributed by atoms with Crippen LogP contribution in [0.2, 0.25) is 0 Å². The van der Waals surface area contributed by atoms with E-state index in [1.807, 2.05) is 63.4 Å². The monoisotopic (exact) mass is 268 g/mol. The number of anilines is 1. The highest BCUT2D eigenvalue weighted by atomic mass is 16.2. The topological polar surface area (TPSA) is 46.3 Å². The molecule has 0 bridgehead atoms. The minimum Gasteiger partial charge on any atom is -0.399 e. The molecule has 1 atom stereocenters. The van der Waals surface area contributed by atoms with Gasteiger partial charge in [0, 0.05) is 18.3 Å². The molecular formula is C17H20N2O. The van der Waals surface area contributed by atoms with Crippen molar-refractivity contribution in [2.45, 2.75) is 19.9 Å². The third-order valence-electron chi connectivity index (χ3n) is 3.53. The Hall–Kier alpha value is -2.29. The van der Waals surface area contributed by atoms with Gasteiger partial charge in [-0.25, -0.2) is 0 Å². The van der Waals surface area contributed by atoms with Gasteiger partial charge in [-0.05, 0) is 43.2 Å². The average Bonchev–Trinajstić information content (AvgIpc) is 2.45. The molecule has 1 amide bonds. The number of rotatable bonds is 3. The highest BCUT2D eigenvalue weighted by Gasteiger charge is 2.19. The Morgan fingerprint density at radius 1 is 1.15 bits per heavy atom. The zero-order chi connectivity index (χ0) is 14.7. The zero-order valence-corrected chi connectivity index (χ0v) is 12.1. The Morgan fingerprint density at radius 3 is 2.40 bits per heavy atom. The van der Waals surface area contributed by atoms with E-state index in [1.165, 1.54) is 0 Å². The maximum Gasteiger partial charge on any atom is 0.254 e. The maximum atomic E-state index is 12.5. The summed E-state index contributed by atoms with van der Waals surface area (Å²) in [6, 6.07) is 15.5. The number of carbonyl (C=O) groups is 1. The highest BCUT2D eigenvalue weighted by Crippen LogP contribution is 2.21. The molecule has 0 saturated heterocycles. The molecule has 20 heavy (non-hydrogen) atoms. The van der Waals surface area contributed by atoms with Gasteiger partial charge in [0.2, 0.25) is 0 Å². The van der Waals surface area contributed by atoms with Gasteiger partial charge in [-0.3, -0.25) is 4.79 Å². The number of nitrogens with two attached hydrogens (primary N) is 1. The number of benzene rings is 2. The molecule has 0 aliphatic heterocycles. The molecule has 0 saturated carbocycles. The van der Waals surface area contributed by atoms with Crippen molar-refractivity contribution in [3.63, 3.8) is 0 Å². The Labute approximate surface area is 120 Å². The lowest BCUT2D eigenvalue weighted by atomic mass is 10.1. The fourth-order valence-electron chi connectivity index (χ4n) is 2.27. The molecule has 0 fully saturated rings. The van der Waals surface area contributed by atoms with Gasteiger partial charge < -0.3 is 10.6 Å². The molecule has 0 radical (unpaired) electrons. The molecule has 3 nitrogen and oxygen atoms in total. The standard InChI is InChI=1S/C17H20N2O/c1-12-9-15(11-16(18)10-12)17(20)19(3)13(2)14-7-5-4-6-8-14/h4-11,13H,18H2,1-3H3. The summed E-state index contributed by atoms with van der Waals surface area (Å²) in [5, 5.41) is 0. The third kappa shape index (κ3) is 2.99. The van der Waals surface area contributed by atoms with Crippen molar-refractivity contribution >= 4 is 11.6 Å². The summed E-state index contributed by atoms with van der Waals surface area (Å²) in [5.41, 5.74) is 9.17. The van der Waals surface area contributed by atoms with E-state index in [0.29, 0.717) is 11.3 Å². The Balaban J connectivity index is 2.24. The molecule has 0 aliphatic carbocycles. The predicted molar refractivity (Wildman–Crippen MR) is 82.5 cm³/mol. The molecule has 0 aliphatic rings. The van der Waals surface area contributed by atoms with E-state index in [4.69, 9.17) is 5.73 Å². The molecule has 0 aromatic heterocycles. The minimum atomic E-state index is -0.0169. The van der Waals surface area contributed by atoms with Crippen LogP contribution in [0.4, 0.5) is 5.69 Å². The van der Waals surface area contributed by atoms with Crippen molar-refractivity contribution in [2.24, 2.45) is 0 Å². The van der Waals surface area contributed by atoms with Crippen LogP contribution in [0.1, 0.15) is 34.5 Å². The van der Waals surface area contributed by atoms with Crippen LogP contribution in [0.3, 0.4) is 0 Å². The van der Waals surface area contributed by atoms with Gasteiger partial charge in [0.25, 0.3) is 5.91 Å². The van der Waals surface area contributed by atoms with Gasteiger partial charge in [0.1, 0.15) is 0 Å². The van der Waals surface area contributed by atoms with Gasteiger partial charge in [0.15, 0.2) is 0 Å². The second-order valence-corrected chi connectivity index (χ2v) is 5.14. The first kappa shape index (κ1) is 14.1. The molecule has 0 spiro atoms. The van der Waals surface area contributed by atoms with Crippen LogP contribution in [-0.4, -0.2) is 17.9 Å². The number of carbonyl (C=O) groups excluding carboxylic acids is 1. The minimum absolute atomic E-state index is 0.0169. The lowest BCUT2D eigenvalue weighted by molar-refractivity contribution is 0.0742. The van der Waals surface area contributed by atoms with Crippen LogP contribution in [0, 0.1) is 6.92 Å². The van der Waals surface area contributed by atoms with E-state index in [-0.39, 0.29) is 11.9 Å². The van der Waals surface area contributed by atoms with Crippen LogP contribution in [0.25, 0.3) is 0 Å². The van der Waals surface area contributed by atoms with E-state index >= 15 is 0 Å². The van der Waals surface area contributed by atoms with Crippen LogP contribution < -0.4 is 5.73 Å². The van der Waals surface area contributed by atoms with Crippen molar-refractivity contribution in [1.29, 1.82) is 0 Å². The largest absolute Gasteiger partial charge is 0.399 e. The highest BCUT2D eigenvalue weighted by molar-refractivity contribution is 5.95. The zero-order valence-electron chi connectivity index (χ0n) is 12.1. The molecule has 2 rings (SSSR count). The van der Waals surface area contributed by atoms with Crippen molar-refractivity contribution < 1.29 is 4.79 Å². The quantitative estimate of drug-likeness (QED) is 0.867. The molecule has 2 aromatic carbocycles. The first-order chi connectivity index (χ1) is 9.49. The van der Waals surface area contributed by atoms with E-state index in [0.717, 1.165) is 11.1 Å². The molecule has 1 unspecified atom stereocenters. The maximum absolute atomic E-state index is 12.5. The number of amides is 1. The third-order valence-corrected chi connectivity index (χ3v) is 3.53. The van der Waals surface area contributed by atoms with Crippen molar-refractivity contribution in [3.8, 4) is 0 Å². The number of nitrogens with zero attached hydrogens (tertiary/aromatic N) is 1. The van der Waals surface area contributed by atoms with E-state index in [2.05, 4.69) is 0 Å². The molecule has 0 heterocycles. The fourth-order valence-corrected chi connectivity index (χ4v) is 2.27. The Morgan fingerprint density at radius 2 is 1.80 bits per heavy atom. The SMILES string of the molecule is Cc1cc(N)cc(C(=O)N(C)C(C)c2ccccc2)c1. The van der Waals surface area contributed by atoms with Crippen LogP contribution in [0.5, 0.6) is 0 Å². The molecule has 3 heteroatoms. The van der Waals surface area contributed by atoms with Gasteiger partial charge in [0.05, 0.1) is 6.04 Å². The van der Waals surface area contributed by atoms with Gasteiger partial charge >= 0.3 is 0 Å².